The minimum atomic E-state index is -0.549. The molecule has 0 aromatic heterocycles. The first-order chi connectivity index (χ1) is 7.11. The third kappa shape index (κ3) is 4.05. The van der Waals surface area contributed by atoms with Gasteiger partial charge < -0.3 is 18.9 Å². The lowest BCUT2D eigenvalue weighted by Crippen LogP contribution is -2.06. The van der Waals surface area contributed by atoms with Crippen LogP contribution in [0.3, 0.4) is 0 Å². The SMILES string of the molecule is CC1COC(=O)O1.CCC1COC(=O)O1. The number of cyclic esters (lactones) is 4. The zero-order valence-corrected chi connectivity index (χ0v) is 8.73. The zero-order valence-electron chi connectivity index (χ0n) is 8.73. The van der Waals surface area contributed by atoms with Gasteiger partial charge in [-0.15, -0.1) is 0 Å². The van der Waals surface area contributed by atoms with Gasteiger partial charge in [-0.3, -0.25) is 0 Å². The van der Waals surface area contributed by atoms with E-state index >= 15 is 0 Å². The topological polar surface area (TPSA) is 71.1 Å². The number of ether oxygens (including phenoxy) is 4. The van der Waals surface area contributed by atoms with Crippen molar-refractivity contribution in [2.45, 2.75) is 32.5 Å². The number of hydrogen-bond acceptors (Lipinski definition) is 6. The lowest BCUT2D eigenvalue weighted by atomic mass is 10.3. The maximum Gasteiger partial charge on any atom is 0.508 e. The van der Waals surface area contributed by atoms with Crippen molar-refractivity contribution in [3.63, 3.8) is 0 Å². The highest BCUT2D eigenvalue weighted by Crippen LogP contribution is 2.07. The highest BCUT2D eigenvalue weighted by Gasteiger charge is 2.22. The smallest absolute Gasteiger partial charge is 0.430 e. The predicted octanol–water partition coefficient (Wildman–Crippen LogP) is 1.47. The highest BCUT2D eigenvalue weighted by molar-refractivity contribution is 5.62. The van der Waals surface area contributed by atoms with Crippen molar-refractivity contribution in [2.24, 2.45) is 0 Å². The van der Waals surface area contributed by atoms with Crippen LogP contribution in [0.25, 0.3) is 0 Å². The molecule has 15 heavy (non-hydrogen) atoms. The van der Waals surface area contributed by atoms with Crippen LogP contribution in [-0.4, -0.2) is 37.7 Å². The van der Waals surface area contributed by atoms with E-state index in [1.807, 2.05) is 6.92 Å². The normalized spacial score (nSPS) is 28.1. The molecule has 0 amide bonds. The van der Waals surface area contributed by atoms with Crippen LogP contribution in [-0.2, 0) is 18.9 Å². The maximum atomic E-state index is 10.2. The summed E-state index contributed by atoms with van der Waals surface area (Å²) < 4.78 is 18.0. The molecule has 0 saturated carbocycles. The molecule has 86 valence electrons. The lowest BCUT2D eigenvalue weighted by molar-refractivity contribution is 0.117. The molecule has 0 spiro atoms. The molecule has 2 unspecified atom stereocenters. The average Bonchev–Trinajstić information content (AvgIpc) is 2.76. The fourth-order valence-electron chi connectivity index (χ4n) is 0.984. The molecule has 0 N–H and O–H groups in total. The van der Waals surface area contributed by atoms with E-state index in [9.17, 15) is 9.59 Å². The molecule has 0 aliphatic carbocycles. The Kier molecular flexibility index (Phi) is 4.20. The summed E-state index contributed by atoms with van der Waals surface area (Å²) in [5, 5.41) is 0. The van der Waals surface area contributed by atoms with Crippen molar-refractivity contribution in [2.75, 3.05) is 13.2 Å². The van der Waals surface area contributed by atoms with Crippen molar-refractivity contribution in [1.82, 2.24) is 0 Å². The van der Waals surface area contributed by atoms with Gasteiger partial charge in [-0.05, 0) is 13.3 Å². The van der Waals surface area contributed by atoms with E-state index in [1.165, 1.54) is 0 Å². The van der Waals surface area contributed by atoms with Gasteiger partial charge in [-0.25, -0.2) is 9.59 Å². The van der Waals surface area contributed by atoms with Gasteiger partial charge in [0, 0.05) is 0 Å². The molecule has 2 aliphatic rings. The molecule has 0 aromatic rings. The molecule has 0 aromatic carbocycles. The van der Waals surface area contributed by atoms with Gasteiger partial charge in [-0.1, -0.05) is 6.92 Å². The molecule has 2 fully saturated rings. The molecule has 0 bridgehead atoms. The van der Waals surface area contributed by atoms with Crippen molar-refractivity contribution in [3.8, 4) is 0 Å². The molecule has 2 rings (SSSR count). The first kappa shape index (κ1) is 11.6. The minimum absolute atomic E-state index is 0.00231. The van der Waals surface area contributed by atoms with E-state index in [2.05, 4.69) is 18.9 Å². The van der Waals surface area contributed by atoms with Gasteiger partial charge >= 0.3 is 12.3 Å². The summed E-state index contributed by atoms with van der Waals surface area (Å²) in [7, 11) is 0. The van der Waals surface area contributed by atoms with E-state index in [0.29, 0.717) is 13.2 Å². The van der Waals surface area contributed by atoms with Gasteiger partial charge in [0.05, 0.1) is 0 Å². The predicted molar refractivity (Wildman–Crippen MR) is 48.4 cm³/mol. The molecule has 2 atom stereocenters. The van der Waals surface area contributed by atoms with Crippen LogP contribution in [0.4, 0.5) is 9.59 Å². The largest absolute Gasteiger partial charge is 0.508 e. The van der Waals surface area contributed by atoms with E-state index in [-0.39, 0.29) is 12.2 Å². The van der Waals surface area contributed by atoms with E-state index < -0.39 is 12.3 Å². The van der Waals surface area contributed by atoms with Gasteiger partial charge in [0.2, 0.25) is 0 Å². The monoisotopic (exact) mass is 218 g/mol. The van der Waals surface area contributed by atoms with Crippen LogP contribution in [0.1, 0.15) is 20.3 Å². The van der Waals surface area contributed by atoms with Crippen LogP contribution in [0.2, 0.25) is 0 Å². The Morgan fingerprint density at radius 2 is 1.73 bits per heavy atom. The van der Waals surface area contributed by atoms with Gasteiger partial charge in [0.15, 0.2) is 0 Å². The van der Waals surface area contributed by atoms with E-state index in [0.717, 1.165) is 6.42 Å². The van der Waals surface area contributed by atoms with Crippen molar-refractivity contribution in [3.05, 3.63) is 0 Å². The van der Waals surface area contributed by atoms with Crippen LogP contribution in [0.5, 0.6) is 0 Å². The number of rotatable bonds is 1. The van der Waals surface area contributed by atoms with Crippen LogP contribution in [0, 0.1) is 0 Å². The first-order valence-corrected chi connectivity index (χ1v) is 4.78. The summed E-state index contributed by atoms with van der Waals surface area (Å²) >= 11 is 0. The van der Waals surface area contributed by atoms with Crippen molar-refractivity contribution in [1.29, 1.82) is 0 Å². The second kappa shape index (κ2) is 5.43. The fourth-order valence-corrected chi connectivity index (χ4v) is 0.984. The molecular formula is C9H14O6. The summed E-state index contributed by atoms with van der Waals surface area (Å²) in [5.74, 6) is 0. The molecule has 2 aliphatic heterocycles. The Balaban J connectivity index is 0.000000151. The number of carbonyl (C=O) groups excluding carboxylic acids is 2. The van der Waals surface area contributed by atoms with E-state index in [4.69, 9.17) is 0 Å². The van der Waals surface area contributed by atoms with Gasteiger partial charge in [0.1, 0.15) is 25.4 Å². The third-order valence-electron chi connectivity index (χ3n) is 1.84. The standard InChI is InChI=1S/C5H8O3.C4H6O3/c1-2-4-3-7-5(6)8-4;1-3-2-6-4(5)7-3/h4H,2-3H2,1H3;3H,2H2,1H3. The van der Waals surface area contributed by atoms with Crippen LogP contribution >= 0.6 is 0 Å². The van der Waals surface area contributed by atoms with Gasteiger partial charge in [0.25, 0.3) is 0 Å². The second-order valence-electron chi connectivity index (χ2n) is 3.20. The molecule has 6 heteroatoms. The fraction of sp³-hybridized carbons (Fsp3) is 0.778. The van der Waals surface area contributed by atoms with E-state index in [1.54, 1.807) is 6.92 Å². The summed E-state index contributed by atoms with van der Waals surface area (Å²) in [5.41, 5.74) is 0. The van der Waals surface area contributed by atoms with Crippen LogP contribution < -0.4 is 0 Å². The molecule has 2 saturated heterocycles. The van der Waals surface area contributed by atoms with Crippen LogP contribution in [0.15, 0.2) is 0 Å². The summed E-state index contributed by atoms with van der Waals surface area (Å²) in [6.07, 6.45) is -0.287. The number of carbonyl (C=O) groups is 2. The Morgan fingerprint density at radius 3 is 1.93 bits per heavy atom. The van der Waals surface area contributed by atoms with Crippen molar-refractivity contribution < 1.29 is 28.5 Å². The third-order valence-corrected chi connectivity index (χ3v) is 1.84. The lowest BCUT2D eigenvalue weighted by Gasteiger charge is -1.97. The highest BCUT2D eigenvalue weighted by atomic mass is 16.8. The quantitative estimate of drug-likeness (QED) is 0.620. The van der Waals surface area contributed by atoms with Crippen molar-refractivity contribution >= 4 is 12.3 Å². The van der Waals surface area contributed by atoms with Gasteiger partial charge in [-0.2, -0.15) is 0 Å². The Labute approximate surface area is 87.4 Å². The average molecular weight is 218 g/mol. The Bertz CT molecular complexity index is 239. The zero-order chi connectivity index (χ0) is 11.3. The maximum absolute atomic E-state index is 10.2. The minimum Gasteiger partial charge on any atom is -0.430 e. The molecular weight excluding hydrogens is 204 g/mol. The molecule has 2 heterocycles. The first-order valence-electron chi connectivity index (χ1n) is 4.78. The second-order valence-corrected chi connectivity index (χ2v) is 3.20. The summed E-state index contributed by atoms with van der Waals surface area (Å²) in [6.45, 7) is 4.56. The number of hydrogen-bond donors (Lipinski definition) is 0. The Hall–Kier alpha value is -1.46. The Morgan fingerprint density at radius 1 is 1.13 bits per heavy atom. The molecule has 0 radical (unpaired) electrons. The molecule has 6 nitrogen and oxygen atoms in total. The summed E-state index contributed by atoms with van der Waals surface area (Å²) in [4.78, 5) is 20.2. The summed E-state index contributed by atoms with van der Waals surface area (Å²) in [6, 6.07) is 0.